The van der Waals surface area contributed by atoms with Crippen LogP contribution in [0.5, 0.6) is 0 Å². The van der Waals surface area contributed by atoms with E-state index in [1.165, 1.54) is 19.0 Å². The Hall–Kier alpha value is -2.50. The second kappa shape index (κ2) is 5.05. The van der Waals surface area contributed by atoms with Gasteiger partial charge in [-0.05, 0) is 30.9 Å². The summed E-state index contributed by atoms with van der Waals surface area (Å²) in [5, 5.41) is 0. The Morgan fingerprint density at radius 2 is 2.00 bits per heavy atom. The van der Waals surface area contributed by atoms with Crippen molar-refractivity contribution in [2.45, 2.75) is 12.8 Å². The van der Waals surface area contributed by atoms with E-state index in [9.17, 15) is 9.59 Å². The largest absolute Gasteiger partial charge is 0.323 e. The highest BCUT2D eigenvalue weighted by Gasteiger charge is 2.35. The maximum Gasteiger partial charge on any atom is 0.275 e. The van der Waals surface area contributed by atoms with Crippen LogP contribution in [0.2, 0.25) is 0 Å². The van der Waals surface area contributed by atoms with Crippen LogP contribution in [0.25, 0.3) is 11.0 Å². The standard InChI is InChI=1S/C16H16N4O2/c21-15-9-20(10-19(15)8-11-5-6-11)16(22)14-7-17-12-3-1-2-4-13(12)18-14/h1-4,7,11H,5-6,8-10H2. The van der Waals surface area contributed by atoms with Gasteiger partial charge in [0.1, 0.15) is 12.2 Å². The van der Waals surface area contributed by atoms with E-state index in [1.807, 2.05) is 24.3 Å². The lowest BCUT2D eigenvalue weighted by Crippen LogP contribution is -2.32. The molecule has 2 aliphatic rings. The van der Waals surface area contributed by atoms with Gasteiger partial charge in [0.25, 0.3) is 5.91 Å². The zero-order valence-corrected chi connectivity index (χ0v) is 12.1. The van der Waals surface area contributed by atoms with E-state index in [1.54, 1.807) is 9.80 Å². The van der Waals surface area contributed by atoms with Gasteiger partial charge in [-0.25, -0.2) is 4.98 Å². The Labute approximate surface area is 127 Å². The minimum atomic E-state index is -0.232. The van der Waals surface area contributed by atoms with E-state index in [4.69, 9.17) is 0 Å². The zero-order valence-electron chi connectivity index (χ0n) is 12.1. The number of nitrogens with zero attached hydrogens (tertiary/aromatic N) is 4. The minimum absolute atomic E-state index is 0.0222. The molecule has 1 aliphatic heterocycles. The first kappa shape index (κ1) is 13.2. The Morgan fingerprint density at radius 1 is 1.23 bits per heavy atom. The summed E-state index contributed by atoms with van der Waals surface area (Å²) in [4.78, 5) is 36.5. The molecule has 2 fully saturated rings. The number of hydrogen-bond donors (Lipinski definition) is 0. The topological polar surface area (TPSA) is 66.4 Å². The normalized spacial score (nSPS) is 18.3. The van der Waals surface area contributed by atoms with Crippen LogP contribution in [0.1, 0.15) is 23.3 Å². The summed E-state index contributed by atoms with van der Waals surface area (Å²) in [7, 11) is 0. The molecule has 4 rings (SSSR count). The Morgan fingerprint density at radius 3 is 2.77 bits per heavy atom. The van der Waals surface area contributed by atoms with Gasteiger partial charge in [-0.1, -0.05) is 12.1 Å². The Kier molecular flexibility index (Phi) is 3.03. The van der Waals surface area contributed by atoms with E-state index < -0.39 is 0 Å². The first-order valence-electron chi connectivity index (χ1n) is 7.49. The smallest absolute Gasteiger partial charge is 0.275 e. The van der Waals surface area contributed by atoms with Crippen molar-refractivity contribution in [1.82, 2.24) is 19.8 Å². The molecule has 22 heavy (non-hydrogen) atoms. The molecule has 0 radical (unpaired) electrons. The molecule has 0 atom stereocenters. The molecule has 1 aromatic carbocycles. The molecular weight excluding hydrogens is 280 g/mol. The van der Waals surface area contributed by atoms with E-state index in [0.717, 1.165) is 12.1 Å². The predicted molar refractivity (Wildman–Crippen MR) is 79.9 cm³/mol. The molecule has 1 saturated carbocycles. The van der Waals surface area contributed by atoms with Crippen molar-refractivity contribution in [3.63, 3.8) is 0 Å². The number of aromatic nitrogens is 2. The van der Waals surface area contributed by atoms with Gasteiger partial charge in [-0.2, -0.15) is 0 Å². The van der Waals surface area contributed by atoms with Crippen molar-refractivity contribution in [3.8, 4) is 0 Å². The number of rotatable bonds is 3. The maximum atomic E-state index is 12.5. The summed E-state index contributed by atoms with van der Waals surface area (Å²) in [5.74, 6) is 0.415. The quantitative estimate of drug-likeness (QED) is 0.856. The lowest BCUT2D eigenvalue weighted by molar-refractivity contribution is -0.126. The Bertz CT molecular complexity index is 757. The molecule has 0 N–H and O–H groups in total. The molecule has 2 amide bonds. The SMILES string of the molecule is O=C1CN(C(=O)c2cnc3ccccc3n2)CN1CC1CC1. The number of hydrogen-bond acceptors (Lipinski definition) is 4. The second-order valence-corrected chi connectivity index (χ2v) is 5.95. The highest BCUT2D eigenvalue weighted by atomic mass is 16.2. The number of benzene rings is 1. The fourth-order valence-electron chi connectivity index (χ4n) is 2.73. The van der Waals surface area contributed by atoms with Crippen molar-refractivity contribution in [2.75, 3.05) is 19.8 Å². The van der Waals surface area contributed by atoms with Gasteiger partial charge >= 0.3 is 0 Å². The van der Waals surface area contributed by atoms with Crippen LogP contribution >= 0.6 is 0 Å². The maximum absolute atomic E-state index is 12.5. The van der Waals surface area contributed by atoms with Crippen LogP contribution in [0.4, 0.5) is 0 Å². The van der Waals surface area contributed by atoms with Gasteiger partial charge in [0.15, 0.2) is 0 Å². The third kappa shape index (κ3) is 2.41. The van der Waals surface area contributed by atoms with Crippen LogP contribution in [-0.4, -0.2) is 51.3 Å². The molecule has 6 heteroatoms. The highest BCUT2D eigenvalue weighted by Crippen LogP contribution is 2.30. The lowest BCUT2D eigenvalue weighted by atomic mass is 10.3. The summed E-state index contributed by atoms with van der Waals surface area (Å²) >= 11 is 0. The number of carbonyl (C=O) groups is 2. The summed E-state index contributed by atoms with van der Waals surface area (Å²) < 4.78 is 0. The fraction of sp³-hybridized carbons (Fsp3) is 0.375. The molecule has 6 nitrogen and oxygen atoms in total. The van der Waals surface area contributed by atoms with Crippen LogP contribution in [0, 0.1) is 5.92 Å². The van der Waals surface area contributed by atoms with Crippen LogP contribution in [0.3, 0.4) is 0 Å². The van der Waals surface area contributed by atoms with Crippen molar-refractivity contribution in [1.29, 1.82) is 0 Å². The van der Waals surface area contributed by atoms with E-state index in [0.29, 0.717) is 23.8 Å². The first-order chi connectivity index (χ1) is 10.7. The van der Waals surface area contributed by atoms with Gasteiger partial charge in [-0.15, -0.1) is 0 Å². The number of fused-ring (bicyclic) bond motifs is 1. The highest BCUT2D eigenvalue weighted by molar-refractivity contribution is 5.97. The van der Waals surface area contributed by atoms with Gasteiger partial charge in [0, 0.05) is 6.54 Å². The van der Waals surface area contributed by atoms with Crippen molar-refractivity contribution in [2.24, 2.45) is 5.92 Å². The molecular formula is C16H16N4O2. The fourth-order valence-corrected chi connectivity index (χ4v) is 2.73. The van der Waals surface area contributed by atoms with Crippen molar-refractivity contribution in [3.05, 3.63) is 36.2 Å². The lowest BCUT2D eigenvalue weighted by Gasteiger charge is -2.17. The molecule has 112 valence electrons. The van der Waals surface area contributed by atoms with Gasteiger partial charge in [0.2, 0.25) is 5.91 Å². The summed E-state index contributed by atoms with van der Waals surface area (Å²) in [6, 6.07) is 7.43. The van der Waals surface area contributed by atoms with E-state index in [-0.39, 0.29) is 18.4 Å². The summed E-state index contributed by atoms with van der Waals surface area (Å²) in [6.07, 6.45) is 3.86. The third-order valence-electron chi connectivity index (χ3n) is 4.15. The number of carbonyl (C=O) groups excluding carboxylic acids is 2. The van der Waals surface area contributed by atoms with Gasteiger partial charge in [-0.3, -0.25) is 14.6 Å². The van der Waals surface area contributed by atoms with E-state index >= 15 is 0 Å². The first-order valence-corrected chi connectivity index (χ1v) is 7.49. The van der Waals surface area contributed by atoms with Crippen molar-refractivity contribution >= 4 is 22.8 Å². The number of amides is 2. The average Bonchev–Trinajstić information content (AvgIpc) is 3.29. The van der Waals surface area contributed by atoms with Gasteiger partial charge < -0.3 is 9.80 Å². The summed E-state index contributed by atoms with van der Waals surface area (Å²) in [5.41, 5.74) is 1.74. The molecule has 1 saturated heterocycles. The van der Waals surface area contributed by atoms with Crippen LogP contribution in [-0.2, 0) is 4.79 Å². The average molecular weight is 296 g/mol. The van der Waals surface area contributed by atoms with Crippen LogP contribution < -0.4 is 0 Å². The molecule has 2 heterocycles. The molecule has 0 unspecified atom stereocenters. The van der Waals surface area contributed by atoms with Crippen LogP contribution in [0.15, 0.2) is 30.5 Å². The third-order valence-corrected chi connectivity index (χ3v) is 4.15. The molecule has 0 spiro atoms. The Balaban J connectivity index is 1.53. The zero-order chi connectivity index (χ0) is 15.1. The molecule has 2 aromatic rings. The molecule has 0 bridgehead atoms. The predicted octanol–water partition coefficient (Wildman–Crippen LogP) is 1.28. The summed E-state index contributed by atoms with van der Waals surface area (Å²) in [6.45, 7) is 1.27. The second-order valence-electron chi connectivity index (χ2n) is 5.95. The molecule has 1 aromatic heterocycles. The number of para-hydroxylation sites is 2. The van der Waals surface area contributed by atoms with Crippen molar-refractivity contribution < 1.29 is 9.59 Å². The van der Waals surface area contributed by atoms with E-state index in [2.05, 4.69) is 9.97 Å². The minimum Gasteiger partial charge on any atom is -0.323 e. The van der Waals surface area contributed by atoms with Gasteiger partial charge in [0.05, 0.1) is 23.9 Å². The molecule has 1 aliphatic carbocycles. The monoisotopic (exact) mass is 296 g/mol.